The zero-order valence-corrected chi connectivity index (χ0v) is 6.59. The molecule has 0 saturated heterocycles. The van der Waals surface area contributed by atoms with Crippen molar-refractivity contribution < 1.29 is 8.78 Å². The van der Waals surface area contributed by atoms with Gasteiger partial charge in [-0.25, -0.2) is 4.98 Å². The lowest BCUT2D eigenvalue weighted by atomic mass is 10.3. The molecule has 5 heteroatoms. The minimum Gasteiger partial charge on any atom is -0.324 e. The van der Waals surface area contributed by atoms with E-state index in [0.717, 1.165) is 5.52 Å². The summed E-state index contributed by atoms with van der Waals surface area (Å²) >= 11 is 0. The van der Waals surface area contributed by atoms with E-state index < -0.39 is 6.55 Å². The van der Waals surface area contributed by atoms with Crippen LogP contribution in [0.15, 0.2) is 24.3 Å². The van der Waals surface area contributed by atoms with Crippen LogP contribution in [0.3, 0.4) is 0 Å². The first-order valence-electron chi connectivity index (χ1n) is 3.75. The van der Waals surface area contributed by atoms with Gasteiger partial charge in [-0.05, 0) is 12.1 Å². The largest absolute Gasteiger partial charge is 0.324 e. The Morgan fingerprint density at radius 3 is 2.77 bits per heavy atom. The SMILES string of the molecule is FC(F)Nc1nc2ccccc2[nH]1. The molecule has 0 saturated carbocycles. The number of nitrogens with zero attached hydrogens (tertiary/aromatic N) is 1. The number of benzene rings is 1. The highest BCUT2D eigenvalue weighted by molar-refractivity contribution is 5.77. The van der Waals surface area contributed by atoms with Crippen LogP contribution >= 0.6 is 0 Å². The van der Waals surface area contributed by atoms with Crippen molar-refractivity contribution >= 4 is 17.0 Å². The molecule has 1 heterocycles. The molecule has 0 bridgehead atoms. The molecule has 0 radical (unpaired) electrons. The molecule has 0 aliphatic rings. The standard InChI is InChI=1S/C8H7F2N3/c9-7(10)13-8-11-5-3-1-2-4-6(5)12-8/h1-4,7H,(H2,11,12,13). The summed E-state index contributed by atoms with van der Waals surface area (Å²) in [5.41, 5.74) is 1.41. The van der Waals surface area contributed by atoms with Gasteiger partial charge in [0.2, 0.25) is 5.95 Å². The number of nitrogens with one attached hydrogen (secondary N) is 2. The van der Waals surface area contributed by atoms with Gasteiger partial charge in [0.15, 0.2) is 0 Å². The van der Waals surface area contributed by atoms with Crippen molar-refractivity contribution in [3.05, 3.63) is 24.3 Å². The van der Waals surface area contributed by atoms with E-state index in [0.29, 0.717) is 5.52 Å². The van der Waals surface area contributed by atoms with Gasteiger partial charge >= 0.3 is 6.55 Å². The van der Waals surface area contributed by atoms with Gasteiger partial charge in [0, 0.05) is 0 Å². The minimum absolute atomic E-state index is 0.0937. The van der Waals surface area contributed by atoms with Crippen LogP contribution in [0, 0.1) is 0 Å². The smallest absolute Gasteiger partial charge is 0.315 e. The predicted octanol–water partition coefficient (Wildman–Crippen LogP) is 2.20. The summed E-state index contributed by atoms with van der Waals surface area (Å²) in [5, 5.41) is 1.89. The van der Waals surface area contributed by atoms with Crippen molar-refractivity contribution in [1.29, 1.82) is 0 Å². The van der Waals surface area contributed by atoms with Crippen LogP contribution < -0.4 is 5.32 Å². The fourth-order valence-corrected chi connectivity index (χ4v) is 1.12. The Hall–Kier alpha value is -1.65. The third-order valence-corrected chi connectivity index (χ3v) is 1.64. The van der Waals surface area contributed by atoms with Crippen molar-refractivity contribution in [2.45, 2.75) is 6.55 Å². The number of H-pyrrole nitrogens is 1. The van der Waals surface area contributed by atoms with Crippen LogP contribution in [0.2, 0.25) is 0 Å². The maximum Gasteiger partial charge on any atom is 0.315 e. The summed E-state index contributed by atoms with van der Waals surface area (Å²) in [5.74, 6) is 0.0937. The van der Waals surface area contributed by atoms with E-state index in [1.165, 1.54) is 0 Å². The van der Waals surface area contributed by atoms with Gasteiger partial charge in [0.05, 0.1) is 11.0 Å². The van der Waals surface area contributed by atoms with Crippen LogP contribution in [0.1, 0.15) is 0 Å². The fraction of sp³-hybridized carbons (Fsp3) is 0.125. The number of halogens is 2. The molecule has 1 aromatic heterocycles. The van der Waals surface area contributed by atoms with E-state index in [-0.39, 0.29) is 5.95 Å². The number of fused-ring (bicyclic) bond motifs is 1. The van der Waals surface area contributed by atoms with Crippen molar-refractivity contribution in [3.63, 3.8) is 0 Å². The summed E-state index contributed by atoms with van der Waals surface area (Å²) in [7, 11) is 0. The number of rotatable bonds is 2. The Morgan fingerprint density at radius 2 is 2.08 bits per heavy atom. The van der Waals surface area contributed by atoms with E-state index in [1.54, 1.807) is 18.2 Å². The van der Waals surface area contributed by atoms with E-state index >= 15 is 0 Å². The molecule has 0 aliphatic carbocycles. The Morgan fingerprint density at radius 1 is 1.31 bits per heavy atom. The number of para-hydroxylation sites is 2. The number of hydrogen-bond acceptors (Lipinski definition) is 2. The molecule has 1 aromatic carbocycles. The molecule has 68 valence electrons. The normalized spacial score (nSPS) is 11.0. The average molecular weight is 183 g/mol. The van der Waals surface area contributed by atoms with Gasteiger partial charge in [0.1, 0.15) is 0 Å². The first kappa shape index (κ1) is 7.97. The first-order valence-corrected chi connectivity index (χ1v) is 3.75. The predicted molar refractivity (Wildman–Crippen MR) is 45.7 cm³/mol. The lowest BCUT2D eigenvalue weighted by molar-refractivity contribution is 0.180. The number of alkyl halides is 2. The molecule has 2 N–H and O–H groups in total. The minimum atomic E-state index is -2.60. The highest BCUT2D eigenvalue weighted by Crippen LogP contribution is 2.14. The van der Waals surface area contributed by atoms with Gasteiger partial charge in [-0.15, -0.1) is 0 Å². The monoisotopic (exact) mass is 183 g/mol. The van der Waals surface area contributed by atoms with Crippen molar-refractivity contribution in [3.8, 4) is 0 Å². The summed E-state index contributed by atoms with van der Waals surface area (Å²) in [6.07, 6.45) is 0. The third kappa shape index (κ3) is 1.58. The molecule has 0 fully saturated rings. The number of anilines is 1. The zero-order chi connectivity index (χ0) is 9.26. The first-order chi connectivity index (χ1) is 6.25. The molecule has 0 unspecified atom stereocenters. The number of aromatic amines is 1. The van der Waals surface area contributed by atoms with Gasteiger partial charge in [-0.1, -0.05) is 12.1 Å². The fourth-order valence-electron chi connectivity index (χ4n) is 1.12. The third-order valence-electron chi connectivity index (χ3n) is 1.64. The molecule has 2 rings (SSSR count). The Bertz CT molecular complexity index is 377. The van der Waals surface area contributed by atoms with E-state index in [1.807, 2.05) is 11.4 Å². The number of aromatic nitrogens is 2. The summed E-state index contributed by atoms with van der Waals surface area (Å²) < 4.78 is 23.8. The highest BCUT2D eigenvalue weighted by atomic mass is 19.3. The second-order valence-corrected chi connectivity index (χ2v) is 2.55. The van der Waals surface area contributed by atoms with E-state index in [4.69, 9.17) is 0 Å². The van der Waals surface area contributed by atoms with Crippen molar-refractivity contribution in [2.24, 2.45) is 0 Å². The van der Waals surface area contributed by atoms with Crippen molar-refractivity contribution in [1.82, 2.24) is 9.97 Å². The summed E-state index contributed by atoms with van der Waals surface area (Å²) in [4.78, 5) is 6.63. The second-order valence-electron chi connectivity index (χ2n) is 2.55. The van der Waals surface area contributed by atoms with Crippen LogP contribution in [-0.2, 0) is 0 Å². The molecule has 3 nitrogen and oxygen atoms in total. The maximum atomic E-state index is 11.9. The highest BCUT2D eigenvalue weighted by Gasteiger charge is 2.05. The molecule has 0 amide bonds. The molecular weight excluding hydrogens is 176 g/mol. The number of hydrogen-bond donors (Lipinski definition) is 2. The molecule has 0 atom stereocenters. The van der Waals surface area contributed by atoms with Gasteiger partial charge in [-0.3, -0.25) is 5.32 Å². The van der Waals surface area contributed by atoms with Crippen LogP contribution in [0.25, 0.3) is 11.0 Å². The Balaban J connectivity index is 2.38. The molecule has 2 aromatic rings. The topological polar surface area (TPSA) is 40.7 Å². The van der Waals surface area contributed by atoms with E-state index in [2.05, 4.69) is 9.97 Å². The second kappa shape index (κ2) is 3.01. The van der Waals surface area contributed by atoms with Crippen LogP contribution in [0.4, 0.5) is 14.7 Å². The zero-order valence-electron chi connectivity index (χ0n) is 6.59. The lowest BCUT2D eigenvalue weighted by Crippen LogP contribution is -2.07. The van der Waals surface area contributed by atoms with Crippen molar-refractivity contribution in [2.75, 3.05) is 5.32 Å². The number of imidazole rings is 1. The Labute approximate surface area is 72.8 Å². The molecule has 0 spiro atoms. The van der Waals surface area contributed by atoms with Gasteiger partial charge < -0.3 is 4.98 Å². The van der Waals surface area contributed by atoms with E-state index in [9.17, 15) is 8.78 Å². The lowest BCUT2D eigenvalue weighted by Gasteiger charge is -1.97. The van der Waals surface area contributed by atoms with Crippen LogP contribution in [0.5, 0.6) is 0 Å². The quantitative estimate of drug-likeness (QED) is 0.700. The van der Waals surface area contributed by atoms with Gasteiger partial charge in [-0.2, -0.15) is 8.78 Å². The summed E-state index contributed by atoms with van der Waals surface area (Å²) in [6, 6.07) is 7.14. The van der Waals surface area contributed by atoms with Gasteiger partial charge in [0.25, 0.3) is 0 Å². The molecule has 13 heavy (non-hydrogen) atoms. The van der Waals surface area contributed by atoms with Crippen LogP contribution in [-0.4, -0.2) is 16.5 Å². The molecule has 0 aliphatic heterocycles. The summed E-state index contributed by atoms with van der Waals surface area (Å²) in [6.45, 7) is -2.60. The average Bonchev–Trinajstić information content (AvgIpc) is 2.44. The molecular formula is C8H7F2N3. The Kier molecular flexibility index (Phi) is 1.84. The maximum absolute atomic E-state index is 11.9.